The van der Waals surface area contributed by atoms with E-state index in [4.69, 9.17) is 16.3 Å². The van der Waals surface area contributed by atoms with Crippen molar-refractivity contribution in [3.63, 3.8) is 0 Å². The molecule has 0 bridgehead atoms. The lowest BCUT2D eigenvalue weighted by Crippen LogP contribution is -2.38. The van der Waals surface area contributed by atoms with Crippen molar-refractivity contribution in [2.24, 2.45) is 5.92 Å². The Labute approximate surface area is 179 Å². The second-order valence-electron chi connectivity index (χ2n) is 6.62. The van der Waals surface area contributed by atoms with Crippen LogP contribution in [-0.2, 0) is 11.0 Å². The summed E-state index contributed by atoms with van der Waals surface area (Å²) in [5.74, 6) is 0.489. The highest BCUT2D eigenvalue weighted by Crippen LogP contribution is 2.35. The highest BCUT2D eigenvalue weighted by atomic mass is 79.9. The second-order valence-corrected chi connectivity index (χ2v) is 7.95. The third kappa shape index (κ3) is 5.14. The van der Waals surface area contributed by atoms with Crippen molar-refractivity contribution >= 4 is 44.9 Å². The van der Waals surface area contributed by atoms with E-state index in [-0.39, 0.29) is 16.8 Å². The van der Waals surface area contributed by atoms with Gasteiger partial charge in [-0.2, -0.15) is 13.2 Å². The lowest BCUT2D eigenvalue weighted by atomic mass is 9.95. The Hall–Kier alpha value is -2.00. The first-order chi connectivity index (χ1) is 13.7. The molecule has 1 aromatic carbocycles. The van der Waals surface area contributed by atoms with E-state index in [1.165, 1.54) is 7.11 Å². The number of ether oxygens (including phenoxy) is 1. The van der Waals surface area contributed by atoms with E-state index in [0.717, 1.165) is 16.7 Å². The molecule has 5 nitrogen and oxygen atoms in total. The highest BCUT2D eigenvalue weighted by molar-refractivity contribution is 9.10. The molecular formula is C19H18BrClF3N3O2. The first-order valence-electron chi connectivity index (χ1n) is 8.81. The van der Waals surface area contributed by atoms with Gasteiger partial charge in [0.15, 0.2) is 0 Å². The number of nitrogens with zero attached hydrogens (tertiary/aromatic N) is 2. The molecule has 2 heterocycles. The minimum Gasteiger partial charge on any atom is -0.495 e. The fourth-order valence-corrected chi connectivity index (χ4v) is 3.83. The number of carbonyl (C=O) groups excluding carboxylic acids is 1. The van der Waals surface area contributed by atoms with E-state index in [2.05, 4.69) is 26.2 Å². The molecule has 1 aliphatic rings. The number of alkyl halides is 3. The zero-order valence-corrected chi connectivity index (χ0v) is 17.7. The number of methoxy groups -OCH3 is 1. The van der Waals surface area contributed by atoms with Crippen LogP contribution >= 0.6 is 27.5 Å². The van der Waals surface area contributed by atoms with Crippen molar-refractivity contribution in [1.82, 2.24) is 4.98 Å². The number of amides is 1. The molecule has 156 valence electrons. The summed E-state index contributed by atoms with van der Waals surface area (Å²) in [6.45, 7) is 0.928. The van der Waals surface area contributed by atoms with Crippen molar-refractivity contribution in [1.29, 1.82) is 0 Å². The number of hydrogen-bond acceptors (Lipinski definition) is 4. The maximum Gasteiger partial charge on any atom is 0.417 e. The van der Waals surface area contributed by atoms with Gasteiger partial charge < -0.3 is 15.0 Å². The van der Waals surface area contributed by atoms with Gasteiger partial charge in [-0.05, 0) is 37.1 Å². The molecule has 1 N–H and O–H groups in total. The minimum atomic E-state index is -4.49. The van der Waals surface area contributed by atoms with Gasteiger partial charge in [-0.3, -0.25) is 4.79 Å². The highest BCUT2D eigenvalue weighted by Gasteiger charge is 2.33. The van der Waals surface area contributed by atoms with Gasteiger partial charge in [-0.15, -0.1) is 0 Å². The normalized spacial score (nSPS) is 15.3. The maximum atomic E-state index is 12.8. The second kappa shape index (κ2) is 8.79. The molecule has 1 fully saturated rings. The summed E-state index contributed by atoms with van der Waals surface area (Å²) < 4.78 is 44.4. The maximum absolute atomic E-state index is 12.8. The third-order valence-electron chi connectivity index (χ3n) is 4.73. The summed E-state index contributed by atoms with van der Waals surface area (Å²) >= 11 is 9.39. The van der Waals surface area contributed by atoms with E-state index in [0.29, 0.717) is 43.2 Å². The molecule has 1 aliphatic heterocycles. The Morgan fingerprint density at radius 2 is 2.00 bits per heavy atom. The van der Waals surface area contributed by atoms with Crippen LogP contribution in [0, 0.1) is 5.92 Å². The Morgan fingerprint density at radius 1 is 1.31 bits per heavy atom. The molecular weight excluding hydrogens is 475 g/mol. The van der Waals surface area contributed by atoms with Gasteiger partial charge in [0.25, 0.3) is 0 Å². The molecule has 0 spiro atoms. The predicted octanol–water partition coefficient (Wildman–Crippen LogP) is 5.38. The zero-order valence-electron chi connectivity index (χ0n) is 15.4. The van der Waals surface area contributed by atoms with E-state index in [1.807, 2.05) is 6.07 Å². The number of halogens is 5. The number of hydrogen-bond donors (Lipinski definition) is 1. The van der Waals surface area contributed by atoms with Crippen molar-refractivity contribution in [2.45, 2.75) is 19.0 Å². The first kappa shape index (κ1) is 21.7. The molecule has 0 radical (unpaired) electrons. The van der Waals surface area contributed by atoms with Gasteiger partial charge in [-0.1, -0.05) is 27.5 Å². The van der Waals surface area contributed by atoms with Crippen LogP contribution in [0.3, 0.4) is 0 Å². The number of benzene rings is 1. The Balaban J connectivity index is 1.63. The van der Waals surface area contributed by atoms with E-state index in [1.54, 1.807) is 17.0 Å². The summed E-state index contributed by atoms with van der Waals surface area (Å²) in [5, 5.41) is 2.83. The topological polar surface area (TPSA) is 54.5 Å². The number of nitrogens with one attached hydrogen (secondary N) is 1. The van der Waals surface area contributed by atoms with Crippen LogP contribution in [0.15, 0.2) is 34.9 Å². The number of aromatic nitrogens is 1. The monoisotopic (exact) mass is 491 g/mol. The number of anilines is 2. The first-order valence-corrected chi connectivity index (χ1v) is 9.98. The summed E-state index contributed by atoms with van der Waals surface area (Å²) in [6.07, 6.45) is -2.66. The molecule has 2 aromatic rings. The molecule has 1 amide bonds. The van der Waals surface area contributed by atoms with Crippen LogP contribution in [0.1, 0.15) is 18.4 Å². The summed E-state index contributed by atoms with van der Waals surface area (Å²) in [4.78, 5) is 18.3. The molecule has 1 saturated heterocycles. The number of rotatable bonds is 4. The van der Waals surface area contributed by atoms with Crippen molar-refractivity contribution in [2.75, 3.05) is 30.4 Å². The van der Waals surface area contributed by atoms with Crippen LogP contribution in [0.2, 0.25) is 5.02 Å². The molecule has 1 aromatic heterocycles. The quantitative estimate of drug-likeness (QED) is 0.623. The van der Waals surface area contributed by atoms with E-state index >= 15 is 0 Å². The van der Waals surface area contributed by atoms with Crippen LogP contribution in [0.25, 0.3) is 0 Å². The average molecular weight is 493 g/mol. The van der Waals surface area contributed by atoms with Gasteiger partial charge in [0.1, 0.15) is 11.6 Å². The lowest BCUT2D eigenvalue weighted by Gasteiger charge is -2.32. The predicted molar refractivity (Wildman–Crippen MR) is 109 cm³/mol. The number of piperidine rings is 1. The van der Waals surface area contributed by atoms with Crippen molar-refractivity contribution < 1.29 is 22.7 Å². The van der Waals surface area contributed by atoms with Crippen molar-refractivity contribution in [3.05, 3.63) is 45.5 Å². The number of pyridine rings is 1. The average Bonchev–Trinajstić information content (AvgIpc) is 2.67. The van der Waals surface area contributed by atoms with Crippen LogP contribution < -0.4 is 15.0 Å². The van der Waals surface area contributed by atoms with E-state index < -0.39 is 11.7 Å². The molecule has 3 rings (SSSR count). The summed E-state index contributed by atoms with van der Waals surface area (Å²) in [7, 11) is 1.53. The molecule has 0 aliphatic carbocycles. The van der Waals surface area contributed by atoms with Gasteiger partial charge in [0, 0.05) is 29.7 Å². The molecule has 0 unspecified atom stereocenters. The Bertz CT molecular complexity index is 903. The van der Waals surface area contributed by atoms with Crippen LogP contribution in [0.5, 0.6) is 5.75 Å². The number of carbonyl (C=O) groups is 1. The van der Waals surface area contributed by atoms with Gasteiger partial charge >= 0.3 is 6.18 Å². The van der Waals surface area contributed by atoms with Gasteiger partial charge in [0.2, 0.25) is 5.91 Å². The smallest absolute Gasteiger partial charge is 0.417 e. The molecule has 29 heavy (non-hydrogen) atoms. The fourth-order valence-electron chi connectivity index (χ4n) is 3.18. The van der Waals surface area contributed by atoms with Gasteiger partial charge in [0.05, 0.1) is 23.4 Å². The summed E-state index contributed by atoms with van der Waals surface area (Å²) in [5.41, 5.74) is -0.315. The minimum absolute atomic E-state index is 0.0541. The zero-order chi connectivity index (χ0) is 21.2. The van der Waals surface area contributed by atoms with Crippen LogP contribution in [0.4, 0.5) is 24.7 Å². The standard InChI is InChI=1S/C19H18BrClF3N3O2/c1-29-16-3-2-13(20)9-15(16)26-18(28)11-4-6-27(7-5-11)17-14(21)8-12(10-25-17)19(22,23)24/h2-3,8-11H,4-7H2,1H3,(H,26,28). The fraction of sp³-hybridized carbons (Fsp3) is 0.368. The van der Waals surface area contributed by atoms with Gasteiger partial charge in [-0.25, -0.2) is 4.98 Å². The third-order valence-corrected chi connectivity index (χ3v) is 5.51. The molecule has 0 atom stereocenters. The summed E-state index contributed by atoms with van der Waals surface area (Å²) in [6, 6.07) is 6.20. The van der Waals surface area contributed by atoms with Crippen molar-refractivity contribution in [3.8, 4) is 5.75 Å². The Morgan fingerprint density at radius 3 is 2.59 bits per heavy atom. The van der Waals surface area contributed by atoms with E-state index in [9.17, 15) is 18.0 Å². The van der Waals surface area contributed by atoms with Crippen LogP contribution in [-0.4, -0.2) is 31.1 Å². The largest absolute Gasteiger partial charge is 0.495 e. The SMILES string of the molecule is COc1ccc(Br)cc1NC(=O)C1CCN(c2ncc(C(F)(F)F)cc2Cl)CC1. The molecule has 0 saturated carbocycles. The Kier molecular flexibility index (Phi) is 6.58. The molecule has 10 heteroatoms. The lowest BCUT2D eigenvalue weighted by molar-refractivity contribution is -0.137.